The maximum absolute atomic E-state index is 4.54. The average molecular weight is 250 g/mol. The highest BCUT2D eigenvalue weighted by Gasteiger charge is 2.19. The van der Waals surface area contributed by atoms with Gasteiger partial charge in [-0.2, -0.15) is 5.10 Å². The first kappa shape index (κ1) is 13.6. The molecule has 1 aromatic heterocycles. The van der Waals surface area contributed by atoms with Gasteiger partial charge in [0.25, 0.3) is 0 Å². The number of aryl methyl sites for hydroxylation is 1. The summed E-state index contributed by atoms with van der Waals surface area (Å²) < 4.78 is 1.93. The van der Waals surface area contributed by atoms with Crippen LogP contribution in [0, 0.1) is 5.92 Å². The minimum Gasteiger partial charge on any atom is -0.312 e. The zero-order chi connectivity index (χ0) is 13.1. The Balaban J connectivity index is 1.83. The molecule has 0 bridgehead atoms. The van der Waals surface area contributed by atoms with Crippen molar-refractivity contribution in [3.63, 3.8) is 0 Å². The molecule has 4 heteroatoms. The molecule has 4 nitrogen and oxygen atoms in total. The predicted octanol–water partition coefficient (Wildman–Crippen LogP) is 1.58. The summed E-state index contributed by atoms with van der Waals surface area (Å²) in [5, 5.41) is 8.13. The van der Waals surface area contributed by atoms with E-state index in [-0.39, 0.29) is 0 Å². The van der Waals surface area contributed by atoms with Gasteiger partial charge in [-0.05, 0) is 38.4 Å². The van der Waals surface area contributed by atoms with Gasteiger partial charge in [-0.3, -0.25) is 4.68 Å². The van der Waals surface area contributed by atoms with Gasteiger partial charge in [0.2, 0.25) is 0 Å². The van der Waals surface area contributed by atoms with Crippen LogP contribution >= 0.6 is 0 Å². The Hall–Kier alpha value is -0.870. The van der Waals surface area contributed by atoms with Gasteiger partial charge in [-0.1, -0.05) is 13.8 Å². The molecule has 0 spiro atoms. The number of hydrogen-bond acceptors (Lipinski definition) is 3. The summed E-state index contributed by atoms with van der Waals surface area (Å²) in [6.07, 6.45) is 3.47. The Morgan fingerprint density at radius 1 is 1.44 bits per heavy atom. The van der Waals surface area contributed by atoms with Crippen LogP contribution in [-0.2, 0) is 13.6 Å². The molecule has 2 rings (SSSR count). The molecule has 0 aliphatic carbocycles. The van der Waals surface area contributed by atoms with E-state index in [1.54, 1.807) is 0 Å². The Labute approximate surface area is 110 Å². The monoisotopic (exact) mass is 250 g/mol. The number of nitrogens with one attached hydrogen (secondary N) is 1. The van der Waals surface area contributed by atoms with Crippen LogP contribution in [0.2, 0.25) is 0 Å². The van der Waals surface area contributed by atoms with Crippen LogP contribution < -0.4 is 5.32 Å². The first-order valence-electron chi connectivity index (χ1n) is 6.98. The zero-order valence-electron chi connectivity index (χ0n) is 12.1. The number of aromatic nitrogens is 2. The second-order valence-corrected chi connectivity index (χ2v) is 5.92. The first-order chi connectivity index (χ1) is 8.56. The van der Waals surface area contributed by atoms with E-state index in [4.69, 9.17) is 0 Å². The fourth-order valence-electron chi connectivity index (χ4n) is 2.78. The van der Waals surface area contributed by atoms with Gasteiger partial charge in [0.15, 0.2) is 0 Å². The lowest BCUT2D eigenvalue weighted by Crippen LogP contribution is -2.25. The van der Waals surface area contributed by atoms with Crippen LogP contribution in [0.4, 0.5) is 0 Å². The standard InChI is InChI=1S/C14H26N4/c1-11(2)14-13(10-18(4)16-14)8-15-7-12-5-6-17(3)9-12/h10-12,15H,5-9H2,1-4H3. The predicted molar refractivity (Wildman–Crippen MR) is 74.6 cm³/mol. The minimum atomic E-state index is 0.501. The summed E-state index contributed by atoms with van der Waals surface area (Å²) in [5.41, 5.74) is 2.58. The highest BCUT2D eigenvalue weighted by Crippen LogP contribution is 2.17. The normalized spacial score (nSPS) is 21.1. The van der Waals surface area contributed by atoms with Crippen molar-refractivity contribution < 1.29 is 0 Å². The van der Waals surface area contributed by atoms with Gasteiger partial charge in [0.05, 0.1) is 5.69 Å². The van der Waals surface area contributed by atoms with Crippen LogP contribution in [0.25, 0.3) is 0 Å². The Morgan fingerprint density at radius 3 is 2.83 bits per heavy atom. The molecular formula is C14H26N4. The molecule has 1 aliphatic rings. The van der Waals surface area contributed by atoms with E-state index in [0.717, 1.165) is 19.0 Å². The molecule has 1 N–H and O–H groups in total. The topological polar surface area (TPSA) is 33.1 Å². The molecule has 1 aromatic rings. The Kier molecular flexibility index (Phi) is 4.40. The average Bonchev–Trinajstić information content (AvgIpc) is 2.85. The number of likely N-dealkylation sites (tertiary alicyclic amines) is 1. The van der Waals surface area contributed by atoms with Crippen LogP contribution in [0.1, 0.15) is 37.4 Å². The lowest BCUT2D eigenvalue weighted by atomic mass is 10.1. The van der Waals surface area contributed by atoms with Crippen molar-refractivity contribution in [2.75, 3.05) is 26.7 Å². The SMILES string of the molecule is CC(C)c1nn(C)cc1CNCC1CCN(C)C1. The van der Waals surface area contributed by atoms with E-state index in [1.807, 2.05) is 11.7 Å². The van der Waals surface area contributed by atoms with E-state index < -0.39 is 0 Å². The van der Waals surface area contributed by atoms with Gasteiger partial charge in [0.1, 0.15) is 0 Å². The summed E-state index contributed by atoms with van der Waals surface area (Å²) in [7, 11) is 4.21. The zero-order valence-corrected chi connectivity index (χ0v) is 12.1. The van der Waals surface area contributed by atoms with Crippen molar-refractivity contribution in [1.29, 1.82) is 0 Å². The largest absolute Gasteiger partial charge is 0.312 e. The third kappa shape index (κ3) is 3.33. The maximum atomic E-state index is 4.54. The Morgan fingerprint density at radius 2 is 2.22 bits per heavy atom. The van der Waals surface area contributed by atoms with Crippen molar-refractivity contribution in [2.24, 2.45) is 13.0 Å². The lowest BCUT2D eigenvalue weighted by Gasteiger charge is -2.12. The van der Waals surface area contributed by atoms with E-state index in [0.29, 0.717) is 5.92 Å². The summed E-state index contributed by atoms with van der Waals surface area (Å²) in [6.45, 7) is 8.96. The fourth-order valence-corrected chi connectivity index (χ4v) is 2.78. The summed E-state index contributed by atoms with van der Waals surface area (Å²) in [6, 6.07) is 0. The fraction of sp³-hybridized carbons (Fsp3) is 0.786. The van der Waals surface area contributed by atoms with Crippen molar-refractivity contribution >= 4 is 0 Å². The molecule has 18 heavy (non-hydrogen) atoms. The molecule has 0 saturated carbocycles. The second kappa shape index (κ2) is 5.85. The molecule has 0 amide bonds. The van der Waals surface area contributed by atoms with Gasteiger partial charge >= 0.3 is 0 Å². The molecule has 102 valence electrons. The molecule has 1 saturated heterocycles. The third-order valence-electron chi connectivity index (χ3n) is 3.72. The van der Waals surface area contributed by atoms with Crippen LogP contribution in [0.5, 0.6) is 0 Å². The molecule has 1 atom stereocenters. The van der Waals surface area contributed by atoms with Gasteiger partial charge in [-0.15, -0.1) is 0 Å². The van der Waals surface area contributed by atoms with E-state index in [1.165, 1.54) is 30.8 Å². The number of nitrogens with zero attached hydrogens (tertiary/aromatic N) is 3. The molecule has 0 radical (unpaired) electrons. The van der Waals surface area contributed by atoms with Crippen molar-refractivity contribution in [2.45, 2.75) is 32.7 Å². The maximum Gasteiger partial charge on any atom is 0.0694 e. The number of rotatable bonds is 5. The third-order valence-corrected chi connectivity index (χ3v) is 3.72. The minimum absolute atomic E-state index is 0.501. The molecule has 1 aliphatic heterocycles. The van der Waals surface area contributed by atoms with E-state index in [2.05, 4.69) is 42.4 Å². The molecule has 0 aromatic carbocycles. The van der Waals surface area contributed by atoms with Crippen molar-refractivity contribution in [3.8, 4) is 0 Å². The Bertz CT molecular complexity index is 383. The quantitative estimate of drug-likeness (QED) is 0.861. The van der Waals surface area contributed by atoms with Crippen molar-refractivity contribution in [3.05, 3.63) is 17.5 Å². The van der Waals surface area contributed by atoms with Crippen LogP contribution in [-0.4, -0.2) is 41.4 Å². The van der Waals surface area contributed by atoms with Crippen LogP contribution in [0.15, 0.2) is 6.20 Å². The summed E-state index contributed by atoms with van der Waals surface area (Å²) in [4.78, 5) is 2.41. The molecular weight excluding hydrogens is 224 g/mol. The lowest BCUT2D eigenvalue weighted by molar-refractivity contribution is 0.388. The van der Waals surface area contributed by atoms with Gasteiger partial charge < -0.3 is 10.2 Å². The van der Waals surface area contributed by atoms with Gasteiger partial charge in [0, 0.05) is 31.9 Å². The highest BCUT2D eigenvalue weighted by atomic mass is 15.3. The van der Waals surface area contributed by atoms with E-state index >= 15 is 0 Å². The smallest absolute Gasteiger partial charge is 0.0694 e. The molecule has 1 fully saturated rings. The molecule has 2 heterocycles. The van der Waals surface area contributed by atoms with E-state index in [9.17, 15) is 0 Å². The van der Waals surface area contributed by atoms with Crippen molar-refractivity contribution in [1.82, 2.24) is 20.0 Å². The second-order valence-electron chi connectivity index (χ2n) is 5.92. The summed E-state index contributed by atoms with van der Waals surface area (Å²) >= 11 is 0. The highest BCUT2D eigenvalue weighted by molar-refractivity contribution is 5.19. The number of hydrogen-bond donors (Lipinski definition) is 1. The first-order valence-corrected chi connectivity index (χ1v) is 6.98. The summed E-state index contributed by atoms with van der Waals surface area (Å²) in [5.74, 6) is 1.31. The van der Waals surface area contributed by atoms with Gasteiger partial charge in [-0.25, -0.2) is 0 Å². The molecule has 1 unspecified atom stereocenters. The van der Waals surface area contributed by atoms with Crippen LogP contribution in [0.3, 0.4) is 0 Å².